The second-order valence-corrected chi connectivity index (χ2v) is 9.14. The molecule has 0 radical (unpaired) electrons. The summed E-state index contributed by atoms with van der Waals surface area (Å²) in [5.74, 6) is 0.710. The van der Waals surface area contributed by atoms with Gasteiger partial charge in [-0.05, 0) is 61.4 Å². The van der Waals surface area contributed by atoms with Crippen LogP contribution in [0, 0.1) is 6.92 Å². The summed E-state index contributed by atoms with van der Waals surface area (Å²) >= 11 is 0. The Morgan fingerprint density at radius 1 is 1.07 bits per heavy atom. The normalized spacial score (nSPS) is 15.2. The van der Waals surface area contributed by atoms with Gasteiger partial charge in [-0.15, -0.1) is 0 Å². The fourth-order valence-corrected chi connectivity index (χ4v) is 3.85. The van der Waals surface area contributed by atoms with Crippen LogP contribution in [-0.4, -0.2) is 24.0 Å². The van der Waals surface area contributed by atoms with Gasteiger partial charge in [0.05, 0.1) is 5.69 Å². The molecule has 5 heteroatoms. The number of anilines is 2. The van der Waals surface area contributed by atoms with Crippen molar-refractivity contribution in [2.45, 2.75) is 65.9 Å². The summed E-state index contributed by atoms with van der Waals surface area (Å²) in [7, 11) is 0. The van der Waals surface area contributed by atoms with E-state index >= 15 is 0 Å². The Morgan fingerprint density at radius 3 is 2.23 bits per heavy atom. The molecule has 0 saturated heterocycles. The van der Waals surface area contributed by atoms with Crippen molar-refractivity contribution in [3.63, 3.8) is 0 Å². The Kier molecular flexibility index (Phi) is 5.93. The van der Waals surface area contributed by atoms with Gasteiger partial charge in [-0.25, -0.2) is 0 Å². The number of hydrogen-bond donors (Lipinski definition) is 1. The van der Waals surface area contributed by atoms with Crippen molar-refractivity contribution in [3.8, 4) is 5.75 Å². The minimum absolute atomic E-state index is 0.0635. The van der Waals surface area contributed by atoms with Gasteiger partial charge in [0.1, 0.15) is 12.3 Å². The predicted molar refractivity (Wildman–Crippen MR) is 121 cm³/mol. The van der Waals surface area contributed by atoms with Crippen molar-refractivity contribution in [3.05, 3.63) is 53.1 Å². The lowest BCUT2D eigenvalue weighted by atomic mass is 9.92. The molecule has 2 aromatic rings. The largest absolute Gasteiger partial charge is 0.476 e. The number of para-hydroxylation sites is 1. The fraction of sp³-hybridized carbons (Fsp3) is 0.440. The molecule has 0 aromatic heterocycles. The maximum absolute atomic E-state index is 13.1. The van der Waals surface area contributed by atoms with E-state index in [4.69, 9.17) is 4.74 Å². The van der Waals surface area contributed by atoms with Crippen LogP contribution in [0.25, 0.3) is 0 Å². The molecule has 0 bridgehead atoms. The average Bonchev–Trinajstić information content (AvgIpc) is 2.65. The highest BCUT2D eigenvalue weighted by Gasteiger charge is 2.41. The molecule has 1 N–H and O–H groups in total. The van der Waals surface area contributed by atoms with Crippen molar-refractivity contribution in [2.75, 3.05) is 16.8 Å². The number of nitrogens with one attached hydrogen (secondary N) is 1. The number of carbonyl (C=O) groups is 2. The Morgan fingerprint density at radius 2 is 1.67 bits per heavy atom. The highest BCUT2D eigenvalue weighted by molar-refractivity contribution is 6.08. The molecule has 0 saturated carbocycles. The Bertz CT molecular complexity index is 950. The first-order valence-electron chi connectivity index (χ1n) is 10.6. The molecule has 2 amide bonds. The highest BCUT2D eigenvalue weighted by atomic mass is 16.5. The Labute approximate surface area is 179 Å². The number of nitrogens with zero attached hydrogens (tertiary/aromatic N) is 1. The van der Waals surface area contributed by atoms with Crippen molar-refractivity contribution in [2.24, 2.45) is 0 Å². The molecule has 1 aliphatic heterocycles. The third-order valence-electron chi connectivity index (χ3n) is 5.47. The van der Waals surface area contributed by atoms with Gasteiger partial charge in [0.2, 0.25) is 5.91 Å². The zero-order valence-corrected chi connectivity index (χ0v) is 19.0. The van der Waals surface area contributed by atoms with E-state index in [1.54, 1.807) is 13.8 Å². The predicted octanol–water partition coefficient (Wildman–Crippen LogP) is 5.38. The summed E-state index contributed by atoms with van der Waals surface area (Å²) in [5.41, 5.74) is 3.66. The molecule has 0 fully saturated rings. The van der Waals surface area contributed by atoms with Crippen LogP contribution in [0.5, 0.6) is 5.75 Å². The number of amides is 2. The first-order chi connectivity index (χ1) is 14.0. The van der Waals surface area contributed by atoms with Gasteiger partial charge in [0.25, 0.3) is 5.91 Å². The van der Waals surface area contributed by atoms with Crippen LogP contribution in [0.15, 0.2) is 36.4 Å². The maximum Gasteiger partial charge on any atom is 0.271 e. The van der Waals surface area contributed by atoms with E-state index in [1.807, 2.05) is 43.3 Å². The second kappa shape index (κ2) is 8.13. The molecular weight excluding hydrogens is 376 g/mol. The number of benzene rings is 2. The Hall–Kier alpha value is -2.82. The molecule has 30 heavy (non-hydrogen) atoms. The molecule has 2 aromatic carbocycles. The molecular formula is C25H32N2O3. The molecule has 1 aliphatic rings. The van der Waals surface area contributed by atoms with Crippen LogP contribution in [0.2, 0.25) is 0 Å². The van der Waals surface area contributed by atoms with Crippen molar-refractivity contribution < 1.29 is 14.3 Å². The van der Waals surface area contributed by atoms with Gasteiger partial charge >= 0.3 is 0 Å². The minimum Gasteiger partial charge on any atom is -0.476 e. The molecule has 0 spiro atoms. The van der Waals surface area contributed by atoms with E-state index in [1.165, 1.54) is 4.90 Å². The van der Waals surface area contributed by atoms with Gasteiger partial charge in [0, 0.05) is 5.69 Å². The topological polar surface area (TPSA) is 58.6 Å². The van der Waals surface area contributed by atoms with E-state index in [0.29, 0.717) is 11.4 Å². The Balaban J connectivity index is 1.94. The lowest BCUT2D eigenvalue weighted by Crippen LogP contribution is -2.54. The minimum atomic E-state index is -1.03. The van der Waals surface area contributed by atoms with Crippen molar-refractivity contribution in [1.82, 2.24) is 0 Å². The number of aryl methyl sites for hydroxylation is 1. The summed E-state index contributed by atoms with van der Waals surface area (Å²) in [6.07, 6.45) is 0. The molecule has 5 nitrogen and oxygen atoms in total. The summed E-state index contributed by atoms with van der Waals surface area (Å²) in [4.78, 5) is 27.8. The maximum atomic E-state index is 13.1. The van der Waals surface area contributed by atoms with E-state index < -0.39 is 5.60 Å². The highest BCUT2D eigenvalue weighted by Crippen LogP contribution is 2.38. The zero-order valence-electron chi connectivity index (χ0n) is 19.0. The lowest BCUT2D eigenvalue weighted by molar-refractivity contribution is -0.133. The van der Waals surface area contributed by atoms with Crippen LogP contribution in [0.1, 0.15) is 70.1 Å². The van der Waals surface area contributed by atoms with Crippen molar-refractivity contribution >= 4 is 23.2 Å². The molecule has 3 rings (SSSR count). The standard InChI is InChI=1S/C25H32N2O3/c1-15(2)18-9-8-10-19(16(3)4)23(18)26-22(28)14-27-20-13-17(5)11-12-21(20)30-25(6,7)24(27)29/h8-13,15-16H,14H2,1-7H3,(H,26,28). The summed E-state index contributed by atoms with van der Waals surface area (Å²) < 4.78 is 5.89. The van der Waals surface area contributed by atoms with E-state index in [9.17, 15) is 9.59 Å². The lowest BCUT2D eigenvalue weighted by Gasteiger charge is -2.38. The van der Waals surface area contributed by atoms with Gasteiger partial charge in [-0.1, -0.05) is 52.0 Å². The molecule has 0 aliphatic carbocycles. The second-order valence-electron chi connectivity index (χ2n) is 9.14. The molecule has 0 atom stereocenters. The van der Waals surface area contributed by atoms with E-state index in [0.717, 1.165) is 22.4 Å². The number of hydrogen-bond acceptors (Lipinski definition) is 3. The summed E-state index contributed by atoms with van der Waals surface area (Å²) in [5, 5.41) is 3.11. The van der Waals surface area contributed by atoms with Crippen LogP contribution < -0.4 is 15.0 Å². The number of fused-ring (bicyclic) bond motifs is 1. The number of rotatable bonds is 5. The third kappa shape index (κ3) is 4.20. The third-order valence-corrected chi connectivity index (χ3v) is 5.47. The summed E-state index contributed by atoms with van der Waals surface area (Å²) in [6.45, 7) is 13.8. The summed E-state index contributed by atoms with van der Waals surface area (Å²) in [6, 6.07) is 11.8. The quantitative estimate of drug-likeness (QED) is 0.722. The van der Waals surface area contributed by atoms with Crippen LogP contribution >= 0.6 is 0 Å². The van der Waals surface area contributed by atoms with Gasteiger partial charge in [-0.2, -0.15) is 0 Å². The smallest absolute Gasteiger partial charge is 0.271 e. The van der Waals surface area contributed by atoms with E-state index in [2.05, 4.69) is 33.0 Å². The number of ether oxygens (including phenoxy) is 1. The number of carbonyl (C=O) groups excluding carboxylic acids is 2. The average molecular weight is 409 g/mol. The van der Waals surface area contributed by atoms with Crippen LogP contribution in [0.3, 0.4) is 0 Å². The van der Waals surface area contributed by atoms with Crippen LogP contribution in [0.4, 0.5) is 11.4 Å². The van der Waals surface area contributed by atoms with Crippen molar-refractivity contribution in [1.29, 1.82) is 0 Å². The van der Waals surface area contributed by atoms with Gasteiger partial charge in [-0.3, -0.25) is 14.5 Å². The monoisotopic (exact) mass is 408 g/mol. The van der Waals surface area contributed by atoms with E-state index in [-0.39, 0.29) is 30.2 Å². The molecule has 0 unspecified atom stereocenters. The fourth-order valence-electron chi connectivity index (χ4n) is 3.85. The van der Waals surface area contributed by atoms with Gasteiger partial charge < -0.3 is 10.1 Å². The molecule has 160 valence electrons. The first kappa shape index (κ1) is 21.9. The zero-order chi connectivity index (χ0) is 22.2. The molecule has 1 heterocycles. The van der Waals surface area contributed by atoms with Gasteiger partial charge in [0.15, 0.2) is 5.60 Å². The van der Waals surface area contributed by atoms with Crippen LogP contribution in [-0.2, 0) is 9.59 Å². The first-order valence-corrected chi connectivity index (χ1v) is 10.6. The SMILES string of the molecule is Cc1ccc2c(c1)N(CC(=O)Nc1c(C(C)C)cccc1C(C)C)C(=O)C(C)(C)O2.